The SMILES string of the molecule is CCN(CC)CCN(CC(C)C)C(=O)C[C@@H]1CCC[C@H]1N.Cl.Cl. The quantitative estimate of drug-likeness (QED) is 0.678. The Bertz CT molecular complexity index is 312. The number of hydrogen-bond donors (Lipinski definition) is 1. The van der Waals surface area contributed by atoms with Crippen molar-refractivity contribution in [3.63, 3.8) is 0 Å². The Balaban J connectivity index is 0. The summed E-state index contributed by atoms with van der Waals surface area (Å²) in [6.45, 7) is 13.5. The van der Waals surface area contributed by atoms with Crippen molar-refractivity contribution >= 4 is 30.7 Å². The summed E-state index contributed by atoms with van der Waals surface area (Å²) in [7, 11) is 0. The maximum atomic E-state index is 12.6. The second-order valence-electron chi connectivity index (χ2n) is 6.82. The summed E-state index contributed by atoms with van der Waals surface area (Å²) >= 11 is 0. The van der Waals surface area contributed by atoms with Crippen molar-refractivity contribution in [1.82, 2.24) is 9.80 Å². The third-order valence-electron chi connectivity index (χ3n) is 4.67. The van der Waals surface area contributed by atoms with Gasteiger partial charge in [-0.1, -0.05) is 34.1 Å². The number of nitrogens with two attached hydrogens (primary N) is 1. The van der Waals surface area contributed by atoms with Gasteiger partial charge in [0.1, 0.15) is 0 Å². The molecule has 1 amide bonds. The summed E-state index contributed by atoms with van der Waals surface area (Å²) in [6, 6.07) is 0.234. The maximum Gasteiger partial charge on any atom is 0.222 e. The molecule has 0 spiro atoms. The number of hydrogen-bond acceptors (Lipinski definition) is 3. The Morgan fingerprint density at radius 2 is 1.74 bits per heavy atom. The van der Waals surface area contributed by atoms with Gasteiger partial charge >= 0.3 is 0 Å². The van der Waals surface area contributed by atoms with Gasteiger partial charge < -0.3 is 15.5 Å². The minimum atomic E-state index is 0. The standard InChI is InChI=1S/C17H35N3O.2ClH/c1-5-19(6-2)10-11-20(13-14(3)4)17(21)12-15-8-7-9-16(15)18;;/h14-16H,5-13,18H2,1-4H3;2*1H/t15-,16+;;/m0../s1. The minimum Gasteiger partial charge on any atom is -0.341 e. The normalized spacial score (nSPS) is 20.3. The highest BCUT2D eigenvalue weighted by Crippen LogP contribution is 2.27. The molecule has 2 atom stereocenters. The van der Waals surface area contributed by atoms with Crippen LogP contribution in [0.2, 0.25) is 0 Å². The van der Waals surface area contributed by atoms with Crippen molar-refractivity contribution in [3.05, 3.63) is 0 Å². The van der Waals surface area contributed by atoms with Crippen LogP contribution in [0.5, 0.6) is 0 Å². The fraction of sp³-hybridized carbons (Fsp3) is 0.941. The van der Waals surface area contributed by atoms with E-state index in [1.54, 1.807) is 0 Å². The predicted octanol–water partition coefficient (Wildman–Crippen LogP) is 3.17. The Kier molecular flexibility index (Phi) is 14.6. The molecule has 6 heteroatoms. The van der Waals surface area contributed by atoms with Crippen molar-refractivity contribution in [2.24, 2.45) is 17.6 Å². The van der Waals surface area contributed by atoms with E-state index in [1.807, 2.05) is 0 Å². The molecule has 0 radical (unpaired) electrons. The topological polar surface area (TPSA) is 49.6 Å². The molecule has 1 aliphatic carbocycles. The zero-order chi connectivity index (χ0) is 15.8. The Labute approximate surface area is 155 Å². The van der Waals surface area contributed by atoms with Gasteiger partial charge in [-0.25, -0.2) is 0 Å². The number of amides is 1. The van der Waals surface area contributed by atoms with Crippen molar-refractivity contribution in [2.45, 2.75) is 59.4 Å². The van der Waals surface area contributed by atoms with E-state index in [9.17, 15) is 4.79 Å². The molecule has 1 saturated carbocycles. The smallest absolute Gasteiger partial charge is 0.222 e. The second-order valence-corrected chi connectivity index (χ2v) is 6.82. The average Bonchev–Trinajstić information content (AvgIpc) is 2.83. The fourth-order valence-electron chi connectivity index (χ4n) is 3.23. The van der Waals surface area contributed by atoms with Crippen LogP contribution >= 0.6 is 24.8 Å². The number of likely N-dealkylation sites (N-methyl/N-ethyl adjacent to an activating group) is 1. The summed E-state index contributed by atoms with van der Waals surface area (Å²) in [4.78, 5) is 17.1. The van der Waals surface area contributed by atoms with Gasteiger partial charge in [0.2, 0.25) is 5.91 Å². The second kappa shape index (κ2) is 13.3. The van der Waals surface area contributed by atoms with Gasteiger partial charge in [-0.05, 0) is 37.8 Å². The largest absolute Gasteiger partial charge is 0.341 e. The van der Waals surface area contributed by atoms with Crippen LogP contribution in [-0.4, -0.2) is 54.5 Å². The van der Waals surface area contributed by atoms with Gasteiger partial charge in [-0.2, -0.15) is 0 Å². The molecule has 0 heterocycles. The van der Waals surface area contributed by atoms with E-state index in [2.05, 4.69) is 37.5 Å². The van der Waals surface area contributed by atoms with E-state index in [-0.39, 0.29) is 30.9 Å². The van der Waals surface area contributed by atoms with Gasteiger partial charge in [0.15, 0.2) is 0 Å². The fourth-order valence-corrected chi connectivity index (χ4v) is 3.23. The highest BCUT2D eigenvalue weighted by molar-refractivity contribution is 5.85. The van der Waals surface area contributed by atoms with Crippen LogP contribution in [0.1, 0.15) is 53.4 Å². The first-order valence-electron chi connectivity index (χ1n) is 8.73. The van der Waals surface area contributed by atoms with Crippen molar-refractivity contribution in [2.75, 3.05) is 32.7 Å². The molecule has 1 aliphatic rings. The molecule has 0 bridgehead atoms. The Hall–Kier alpha value is -0.0300. The first-order valence-corrected chi connectivity index (χ1v) is 8.73. The third kappa shape index (κ3) is 9.13. The van der Waals surface area contributed by atoms with Gasteiger partial charge in [0, 0.05) is 32.1 Å². The van der Waals surface area contributed by atoms with Gasteiger partial charge in [-0.15, -0.1) is 24.8 Å². The molecule has 0 unspecified atom stereocenters. The van der Waals surface area contributed by atoms with Crippen LogP contribution in [0.4, 0.5) is 0 Å². The van der Waals surface area contributed by atoms with E-state index in [4.69, 9.17) is 5.73 Å². The van der Waals surface area contributed by atoms with Crippen molar-refractivity contribution in [3.8, 4) is 0 Å². The molecule has 0 aromatic heterocycles. The summed E-state index contributed by atoms with van der Waals surface area (Å²) in [6.07, 6.45) is 4.04. The lowest BCUT2D eigenvalue weighted by molar-refractivity contribution is -0.133. The van der Waals surface area contributed by atoms with Gasteiger partial charge in [0.25, 0.3) is 0 Å². The molecular formula is C17H37Cl2N3O. The summed E-state index contributed by atoms with van der Waals surface area (Å²) in [5, 5.41) is 0. The van der Waals surface area contributed by atoms with E-state index in [0.29, 0.717) is 24.2 Å². The molecule has 23 heavy (non-hydrogen) atoms. The number of carbonyl (C=O) groups is 1. The zero-order valence-electron chi connectivity index (χ0n) is 15.3. The number of rotatable bonds is 9. The highest BCUT2D eigenvalue weighted by atomic mass is 35.5. The van der Waals surface area contributed by atoms with E-state index >= 15 is 0 Å². The summed E-state index contributed by atoms with van der Waals surface area (Å²) in [5.41, 5.74) is 6.11. The van der Waals surface area contributed by atoms with Gasteiger partial charge in [-0.3, -0.25) is 4.79 Å². The summed E-state index contributed by atoms with van der Waals surface area (Å²) in [5.74, 6) is 1.22. The van der Waals surface area contributed by atoms with Crippen LogP contribution < -0.4 is 5.73 Å². The molecule has 0 aliphatic heterocycles. The van der Waals surface area contributed by atoms with Crippen LogP contribution in [0.15, 0.2) is 0 Å². The number of nitrogens with zero attached hydrogens (tertiary/aromatic N) is 2. The molecule has 1 rings (SSSR count). The highest BCUT2D eigenvalue weighted by Gasteiger charge is 2.28. The average molecular weight is 370 g/mol. The molecule has 2 N–H and O–H groups in total. The predicted molar refractivity (Wildman–Crippen MR) is 104 cm³/mol. The van der Waals surface area contributed by atoms with E-state index in [1.165, 1.54) is 6.42 Å². The first kappa shape index (κ1) is 25.2. The molecule has 0 aromatic rings. The first-order chi connectivity index (χ1) is 9.97. The molecule has 0 saturated heterocycles. The minimum absolute atomic E-state index is 0. The van der Waals surface area contributed by atoms with Crippen LogP contribution in [0, 0.1) is 11.8 Å². The molecule has 140 valence electrons. The lowest BCUT2D eigenvalue weighted by atomic mass is 9.99. The molecule has 1 fully saturated rings. The Morgan fingerprint density at radius 1 is 1.13 bits per heavy atom. The van der Waals surface area contributed by atoms with Crippen molar-refractivity contribution < 1.29 is 4.79 Å². The lowest BCUT2D eigenvalue weighted by Gasteiger charge is -2.29. The summed E-state index contributed by atoms with van der Waals surface area (Å²) < 4.78 is 0. The van der Waals surface area contributed by atoms with Gasteiger partial charge in [0.05, 0.1) is 0 Å². The van der Waals surface area contributed by atoms with Crippen LogP contribution in [0.3, 0.4) is 0 Å². The monoisotopic (exact) mass is 369 g/mol. The number of carbonyl (C=O) groups excluding carboxylic acids is 1. The number of halogens is 2. The Morgan fingerprint density at radius 3 is 2.17 bits per heavy atom. The third-order valence-corrected chi connectivity index (χ3v) is 4.67. The van der Waals surface area contributed by atoms with Crippen molar-refractivity contribution in [1.29, 1.82) is 0 Å². The molecule has 0 aromatic carbocycles. The lowest BCUT2D eigenvalue weighted by Crippen LogP contribution is -2.42. The molecular weight excluding hydrogens is 333 g/mol. The zero-order valence-corrected chi connectivity index (χ0v) is 16.9. The van der Waals surface area contributed by atoms with E-state index in [0.717, 1.165) is 45.6 Å². The van der Waals surface area contributed by atoms with Crippen LogP contribution in [0.25, 0.3) is 0 Å². The maximum absolute atomic E-state index is 12.6. The van der Waals surface area contributed by atoms with Crippen LogP contribution in [-0.2, 0) is 4.79 Å². The molecule has 4 nitrogen and oxygen atoms in total. The van der Waals surface area contributed by atoms with E-state index < -0.39 is 0 Å².